The molecule has 4 heterocycles. The summed E-state index contributed by atoms with van der Waals surface area (Å²) in [6, 6.07) is 11.8. The highest BCUT2D eigenvalue weighted by atomic mass is 35.5. The van der Waals surface area contributed by atoms with E-state index in [0.29, 0.717) is 41.9 Å². The Labute approximate surface area is 171 Å². The van der Waals surface area contributed by atoms with Crippen LogP contribution in [0.3, 0.4) is 0 Å². The third-order valence-corrected chi connectivity index (χ3v) is 6.21. The zero-order valence-electron chi connectivity index (χ0n) is 15.6. The molecule has 1 aliphatic carbocycles. The van der Waals surface area contributed by atoms with Gasteiger partial charge in [-0.1, -0.05) is 48.7 Å². The van der Waals surface area contributed by atoms with Crippen molar-refractivity contribution in [2.24, 2.45) is 5.41 Å². The van der Waals surface area contributed by atoms with Gasteiger partial charge in [0.1, 0.15) is 5.69 Å². The number of fused-ring (bicyclic) bond motifs is 4. The number of para-hydroxylation sites is 1. The molecule has 1 saturated carbocycles. The van der Waals surface area contributed by atoms with Crippen molar-refractivity contribution in [2.75, 3.05) is 13.2 Å². The van der Waals surface area contributed by atoms with E-state index in [2.05, 4.69) is 15.3 Å². The largest absolute Gasteiger partial charge is 0.486 e. The van der Waals surface area contributed by atoms with E-state index in [9.17, 15) is 0 Å². The van der Waals surface area contributed by atoms with Gasteiger partial charge in [-0.3, -0.25) is 0 Å². The Hall–Kier alpha value is -2.93. The van der Waals surface area contributed by atoms with Crippen molar-refractivity contribution in [3.8, 4) is 23.0 Å². The number of hydrogen-bond acceptors (Lipinski definition) is 6. The van der Waals surface area contributed by atoms with Crippen LogP contribution in [-0.2, 0) is 0 Å². The monoisotopic (exact) mass is 407 g/mol. The fourth-order valence-electron chi connectivity index (χ4n) is 4.36. The number of ether oxygens (including phenoxy) is 2. The predicted molar refractivity (Wildman–Crippen MR) is 108 cm³/mol. The molecular formula is C21H18ClN5O2. The molecular weight excluding hydrogens is 390 g/mol. The van der Waals surface area contributed by atoms with E-state index in [1.807, 2.05) is 36.4 Å². The van der Waals surface area contributed by atoms with Crippen LogP contribution in [0.4, 0.5) is 0 Å². The molecule has 8 heteroatoms. The normalized spacial score (nSPS) is 17.8. The molecule has 2 aliphatic rings. The standard InChI is InChI=1S/C21H18ClN5O2/c22-18-16-17(29-12-21(11-28-16)9-3-4-10-21)20-25-24-19(27(20)26-18)15-8-7-13-5-1-2-6-14(13)23-15/h1-2,5-8H,3-4,9-12H2. The maximum atomic E-state index is 6.49. The first kappa shape index (κ1) is 17.0. The van der Waals surface area contributed by atoms with Crippen LogP contribution in [0.5, 0.6) is 11.5 Å². The summed E-state index contributed by atoms with van der Waals surface area (Å²) < 4.78 is 13.9. The molecule has 0 bridgehead atoms. The molecule has 7 nitrogen and oxygen atoms in total. The first-order valence-corrected chi connectivity index (χ1v) is 10.2. The van der Waals surface area contributed by atoms with Crippen molar-refractivity contribution in [1.82, 2.24) is 24.8 Å². The Balaban J connectivity index is 1.48. The van der Waals surface area contributed by atoms with Gasteiger partial charge < -0.3 is 9.47 Å². The molecule has 1 spiro atoms. The maximum absolute atomic E-state index is 6.49. The van der Waals surface area contributed by atoms with Crippen LogP contribution >= 0.6 is 11.6 Å². The molecule has 0 saturated heterocycles. The fourth-order valence-corrected chi connectivity index (χ4v) is 4.57. The van der Waals surface area contributed by atoms with E-state index in [-0.39, 0.29) is 10.6 Å². The summed E-state index contributed by atoms with van der Waals surface area (Å²) in [5.41, 5.74) is 2.08. The van der Waals surface area contributed by atoms with Gasteiger partial charge in [-0.15, -0.1) is 15.3 Å². The molecule has 146 valence electrons. The van der Waals surface area contributed by atoms with Gasteiger partial charge in [0.25, 0.3) is 0 Å². The minimum atomic E-state index is 0.0437. The SMILES string of the molecule is Clc1nn2c(-c3ccc4ccccc4n3)nnc2c2c1OCC1(CCCC1)CO2. The van der Waals surface area contributed by atoms with Gasteiger partial charge in [-0.05, 0) is 25.0 Å². The number of rotatable bonds is 1. The van der Waals surface area contributed by atoms with Gasteiger partial charge >= 0.3 is 0 Å². The molecule has 0 amide bonds. The number of pyridine rings is 1. The van der Waals surface area contributed by atoms with Gasteiger partial charge in [0.15, 0.2) is 5.15 Å². The second-order valence-corrected chi connectivity index (χ2v) is 8.24. The second-order valence-electron chi connectivity index (χ2n) is 7.88. The van der Waals surface area contributed by atoms with Crippen molar-refractivity contribution in [2.45, 2.75) is 25.7 Å². The minimum Gasteiger partial charge on any atom is -0.486 e. The lowest BCUT2D eigenvalue weighted by Gasteiger charge is -2.24. The van der Waals surface area contributed by atoms with Crippen LogP contribution in [0, 0.1) is 5.41 Å². The lowest BCUT2D eigenvalue weighted by molar-refractivity contribution is 0.110. The molecule has 3 aromatic heterocycles. The smallest absolute Gasteiger partial charge is 0.224 e. The zero-order chi connectivity index (χ0) is 19.4. The first-order valence-electron chi connectivity index (χ1n) is 9.79. The van der Waals surface area contributed by atoms with E-state index in [1.54, 1.807) is 4.52 Å². The predicted octanol–water partition coefficient (Wildman–Crippen LogP) is 4.32. The summed E-state index contributed by atoms with van der Waals surface area (Å²) in [5.74, 6) is 1.47. The average molecular weight is 408 g/mol. The highest BCUT2D eigenvalue weighted by Crippen LogP contribution is 2.46. The molecule has 0 radical (unpaired) electrons. The van der Waals surface area contributed by atoms with Crippen LogP contribution < -0.4 is 9.47 Å². The van der Waals surface area contributed by atoms with Crippen LogP contribution in [0.1, 0.15) is 25.7 Å². The van der Waals surface area contributed by atoms with Crippen LogP contribution in [-0.4, -0.2) is 38.0 Å². The van der Waals surface area contributed by atoms with Gasteiger partial charge in [-0.25, -0.2) is 4.98 Å². The average Bonchev–Trinajstić information content (AvgIpc) is 3.33. The van der Waals surface area contributed by atoms with Crippen molar-refractivity contribution in [3.63, 3.8) is 0 Å². The van der Waals surface area contributed by atoms with E-state index in [1.165, 1.54) is 12.8 Å². The van der Waals surface area contributed by atoms with Crippen molar-refractivity contribution < 1.29 is 9.47 Å². The number of aromatic nitrogens is 5. The molecule has 0 N–H and O–H groups in total. The molecule has 4 aromatic rings. The highest BCUT2D eigenvalue weighted by Gasteiger charge is 2.39. The van der Waals surface area contributed by atoms with E-state index < -0.39 is 0 Å². The van der Waals surface area contributed by atoms with Crippen LogP contribution in [0.15, 0.2) is 36.4 Å². The fraction of sp³-hybridized carbons (Fsp3) is 0.333. The van der Waals surface area contributed by atoms with E-state index in [0.717, 1.165) is 23.7 Å². The number of nitrogens with zero attached hydrogens (tertiary/aromatic N) is 5. The molecule has 1 fully saturated rings. The summed E-state index contributed by atoms with van der Waals surface area (Å²) in [4.78, 5) is 4.71. The quantitative estimate of drug-likeness (QED) is 0.467. The maximum Gasteiger partial charge on any atom is 0.224 e. The summed E-state index contributed by atoms with van der Waals surface area (Å²) >= 11 is 6.49. The third kappa shape index (κ3) is 2.64. The lowest BCUT2D eigenvalue weighted by atomic mass is 9.88. The highest BCUT2D eigenvalue weighted by molar-refractivity contribution is 6.31. The summed E-state index contributed by atoms with van der Waals surface area (Å²) in [5, 5.41) is 14.4. The Morgan fingerprint density at radius 1 is 0.931 bits per heavy atom. The third-order valence-electron chi connectivity index (χ3n) is 5.96. The van der Waals surface area contributed by atoms with Crippen LogP contribution in [0.2, 0.25) is 5.15 Å². The van der Waals surface area contributed by atoms with Gasteiger partial charge in [-0.2, -0.15) is 4.52 Å². The van der Waals surface area contributed by atoms with Crippen molar-refractivity contribution in [1.29, 1.82) is 0 Å². The summed E-state index contributed by atoms with van der Waals surface area (Å²) in [6.45, 7) is 1.18. The van der Waals surface area contributed by atoms with Gasteiger partial charge in [0.2, 0.25) is 23.0 Å². The van der Waals surface area contributed by atoms with Crippen molar-refractivity contribution in [3.05, 3.63) is 41.6 Å². The van der Waals surface area contributed by atoms with Crippen molar-refractivity contribution >= 4 is 28.2 Å². The molecule has 1 aromatic carbocycles. The number of hydrogen-bond donors (Lipinski definition) is 0. The summed E-state index contributed by atoms with van der Waals surface area (Å²) in [7, 11) is 0. The van der Waals surface area contributed by atoms with E-state index in [4.69, 9.17) is 26.1 Å². The molecule has 1 aliphatic heterocycles. The molecule has 0 unspecified atom stereocenters. The number of halogens is 1. The Kier molecular flexibility index (Phi) is 3.68. The second kappa shape index (κ2) is 6.29. The Morgan fingerprint density at radius 2 is 1.72 bits per heavy atom. The number of benzene rings is 1. The topological polar surface area (TPSA) is 74.4 Å². The molecule has 6 rings (SSSR count). The Morgan fingerprint density at radius 3 is 2.59 bits per heavy atom. The lowest BCUT2D eigenvalue weighted by Crippen LogP contribution is -2.30. The molecule has 0 atom stereocenters. The minimum absolute atomic E-state index is 0.0437. The van der Waals surface area contributed by atoms with Gasteiger partial charge in [0.05, 0.1) is 18.7 Å². The summed E-state index contributed by atoms with van der Waals surface area (Å²) in [6.07, 6.45) is 4.60. The molecule has 29 heavy (non-hydrogen) atoms. The van der Waals surface area contributed by atoms with Gasteiger partial charge in [0, 0.05) is 10.8 Å². The van der Waals surface area contributed by atoms with E-state index >= 15 is 0 Å². The zero-order valence-corrected chi connectivity index (χ0v) is 16.4. The first-order chi connectivity index (χ1) is 14.2. The Bertz CT molecular complexity index is 1250. The van der Waals surface area contributed by atoms with Crippen LogP contribution in [0.25, 0.3) is 28.1 Å².